The zero-order valence-electron chi connectivity index (χ0n) is 18.0. The number of carbonyl (C=O) groups is 1. The van der Waals surface area contributed by atoms with Crippen LogP contribution in [-0.4, -0.2) is 42.0 Å². The highest BCUT2D eigenvalue weighted by molar-refractivity contribution is 6.07. The first-order chi connectivity index (χ1) is 15.3. The second-order valence-electron chi connectivity index (χ2n) is 9.01. The van der Waals surface area contributed by atoms with E-state index in [1.54, 1.807) is 23.2 Å². The number of hydrogen-bond acceptors (Lipinski definition) is 2. The lowest BCUT2D eigenvalue weighted by Gasteiger charge is -2.29. The van der Waals surface area contributed by atoms with Crippen LogP contribution in [0.2, 0.25) is 0 Å². The topological polar surface area (TPSA) is 39.3 Å². The van der Waals surface area contributed by atoms with Gasteiger partial charge in [-0.05, 0) is 61.7 Å². The molecule has 2 aliphatic rings. The predicted octanol–water partition coefficient (Wildman–Crippen LogP) is 5.00. The highest BCUT2D eigenvalue weighted by Gasteiger charge is 2.43. The van der Waals surface area contributed by atoms with E-state index in [0.717, 1.165) is 41.4 Å². The molecule has 166 valence electrons. The molecule has 0 aliphatic carbocycles. The highest BCUT2D eigenvalue weighted by atomic mass is 19.2. The fourth-order valence-corrected chi connectivity index (χ4v) is 4.83. The first-order valence-electron chi connectivity index (χ1n) is 10.8. The van der Waals surface area contributed by atoms with Crippen molar-refractivity contribution >= 4 is 28.1 Å². The molecule has 3 aromatic rings. The molecule has 2 aromatic carbocycles. The van der Waals surface area contributed by atoms with Crippen molar-refractivity contribution in [2.24, 2.45) is 0 Å². The normalized spacial score (nSPS) is 18.3. The van der Waals surface area contributed by atoms with E-state index >= 15 is 0 Å². The number of nitrogens with one attached hydrogen (secondary N) is 1. The SMILES string of the molecule is CC1(C)C(=O)N(CCN2CC=C(c3c[nH]c4c(F)c(F)ccc34)CC2)c2ccc(F)cc21. The van der Waals surface area contributed by atoms with Gasteiger partial charge in [0.1, 0.15) is 5.82 Å². The molecule has 0 atom stereocenters. The van der Waals surface area contributed by atoms with Crippen LogP contribution in [-0.2, 0) is 10.2 Å². The number of carbonyl (C=O) groups excluding carboxylic acids is 1. The van der Waals surface area contributed by atoms with Crippen LogP contribution in [0.5, 0.6) is 0 Å². The molecule has 0 bridgehead atoms. The molecule has 1 amide bonds. The van der Waals surface area contributed by atoms with Crippen LogP contribution < -0.4 is 4.90 Å². The van der Waals surface area contributed by atoms with E-state index in [0.29, 0.717) is 25.0 Å². The van der Waals surface area contributed by atoms with E-state index in [2.05, 4.69) is 16.0 Å². The van der Waals surface area contributed by atoms with Crippen molar-refractivity contribution in [3.63, 3.8) is 0 Å². The summed E-state index contributed by atoms with van der Waals surface area (Å²) in [6.45, 7) is 6.38. The first-order valence-corrected chi connectivity index (χ1v) is 10.8. The Morgan fingerprint density at radius 1 is 1.09 bits per heavy atom. The van der Waals surface area contributed by atoms with Gasteiger partial charge in [-0.2, -0.15) is 0 Å². The summed E-state index contributed by atoms with van der Waals surface area (Å²) in [5, 5.41) is 0.678. The number of aromatic nitrogens is 1. The Kier molecular flexibility index (Phi) is 4.89. The van der Waals surface area contributed by atoms with Crippen LogP contribution in [0.3, 0.4) is 0 Å². The molecule has 0 saturated heterocycles. The number of H-pyrrole nitrogens is 1. The Bertz CT molecular complexity index is 1260. The third-order valence-corrected chi connectivity index (χ3v) is 6.73. The number of benzene rings is 2. The van der Waals surface area contributed by atoms with Gasteiger partial charge in [-0.1, -0.05) is 6.08 Å². The second-order valence-corrected chi connectivity index (χ2v) is 9.01. The van der Waals surface area contributed by atoms with E-state index in [1.807, 2.05) is 13.8 Å². The smallest absolute Gasteiger partial charge is 0.237 e. The lowest BCUT2D eigenvalue weighted by molar-refractivity contribution is -0.122. The van der Waals surface area contributed by atoms with Crippen molar-refractivity contribution in [1.29, 1.82) is 0 Å². The van der Waals surface area contributed by atoms with Crippen LogP contribution >= 0.6 is 0 Å². The quantitative estimate of drug-likeness (QED) is 0.622. The van der Waals surface area contributed by atoms with Crippen LogP contribution in [0.1, 0.15) is 31.4 Å². The number of rotatable bonds is 4. The minimum Gasteiger partial charge on any atom is -0.358 e. The highest BCUT2D eigenvalue weighted by Crippen LogP contribution is 2.41. The van der Waals surface area contributed by atoms with Gasteiger partial charge in [-0.3, -0.25) is 9.69 Å². The Morgan fingerprint density at radius 2 is 1.91 bits per heavy atom. The van der Waals surface area contributed by atoms with Crippen LogP contribution in [0.15, 0.2) is 42.6 Å². The molecule has 0 spiro atoms. The fraction of sp³-hybridized carbons (Fsp3) is 0.320. The van der Waals surface area contributed by atoms with E-state index in [1.165, 1.54) is 12.1 Å². The van der Waals surface area contributed by atoms with Gasteiger partial charge in [0, 0.05) is 49.0 Å². The standard InChI is InChI=1S/C25H24F3N3O/c1-25(2)19-13-16(26)3-6-21(19)31(24(25)32)12-11-30-9-7-15(8-10-30)18-14-29-23-17(18)4-5-20(27)22(23)28/h3-7,13-14,29H,8-12H2,1-2H3. The second kappa shape index (κ2) is 7.52. The van der Waals surface area contributed by atoms with Gasteiger partial charge in [0.05, 0.1) is 10.9 Å². The average Bonchev–Trinajstić information content (AvgIpc) is 3.29. The molecule has 0 fully saturated rings. The monoisotopic (exact) mass is 439 g/mol. The number of aromatic amines is 1. The third-order valence-electron chi connectivity index (χ3n) is 6.73. The van der Waals surface area contributed by atoms with E-state index in [9.17, 15) is 18.0 Å². The minimum absolute atomic E-state index is 0.0145. The molecule has 1 N–H and O–H groups in total. The summed E-state index contributed by atoms with van der Waals surface area (Å²) >= 11 is 0. The lowest BCUT2D eigenvalue weighted by atomic mass is 9.86. The molecule has 0 saturated carbocycles. The number of nitrogens with zero attached hydrogens (tertiary/aromatic N) is 2. The van der Waals surface area contributed by atoms with Crippen molar-refractivity contribution < 1.29 is 18.0 Å². The molecule has 0 unspecified atom stereocenters. The van der Waals surface area contributed by atoms with Gasteiger partial charge in [-0.15, -0.1) is 0 Å². The van der Waals surface area contributed by atoms with Gasteiger partial charge in [0.2, 0.25) is 5.91 Å². The fourth-order valence-electron chi connectivity index (χ4n) is 4.83. The Morgan fingerprint density at radius 3 is 2.66 bits per heavy atom. The molecule has 32 heavy (non-hydrogen) atoms. The summed E-state index contributed by atoms with van der Waals surface area (Å²) < 4.78 is 41.2. The molecule has 2 aliphatic heterocycles. The molecular weight excluding hydrogens is 415 g/mol. The van der Waals surface area contributed by atoms with Crippen molar-refractivity contribution in [2.45, 2.75) is 25.7 Å². The zero-order valence-corrected chi connectivity index (χ0v) is 18.0. The van der Waals surface area contributed by atoms with Gasteiger partial charge in [0.15, 0.2) is 11.6 Å². The Balaban J connectivity index is 1.29. The van der Waals surface area contributed by atoms with E-state index in [-0.39, 0.29) is 17.2 Å². The Hall–Kier alpha value is -3.06. The average molecular weight is 439 g/mol. The van der Waals surface area contributed by atoms with Crippen LogP contribution in [0.25, 0.3) is 16.5 Å². The summed E-state index contributed by atoms with van der Waals surface area (Å²) in [7, 11) is 0. The van der Waals surface area contributed by atoms with Crippen molar-refractivity contribution in [1.82, 2.24) is 9.88 Å². The van der Waals surface area contributed by atoms with E-state index in [4.69, 9.17) is 0 Å². The zero-order chi connectivity index (χ0) is 22.6. The van der Waals surface area contributed by atoms with Gasteiger partial charge in [-0.25, -0.2) is 13.2 Å². The molecule has 3 heterocycles. The van der Waals surface area contributed by atoms with Crippen molar-refractivity contribution in [3.05, 3.63) is 71.2 Å². The summed E-state index contributed by atoms with van der Waals surface area (Å²) in [6.07, 6.45) is 4.61. The van der Waals surface area contributed by atoms with Crippen LogP contribution in [0.4, 0.5) is 18.9 Å². The maximum absolute atomic E-state index is 14.0. The molecule has 0 radical (unpaired) electrons. The van der Waals surface area contributed by atoms with Gasteiger partial charge >= 0.3 is 0 Å². The number of hydrogen-bond donors (Lipinski definition) is 1. The van der Waals surface area contributed by atoms with Gasteiger partial charge in [0.25, 0.3) is 0 Å². The van der Waals surface area contributed by atoms with Crippen molar-refractivity contribution in [2.75, 3.05) is 31.1 Å². The van der Waals surface area contributed by atoms with Gasteiger partial charge < -0.3 is 9.88 Å². The number of amides is 1. The Labute approximate surface area is 184 Å². The number of anilines is 1. The van der Waals surface area contributed by atoms with Crippen molar-refractivity contribution in [3.8, 4) is 0 Å². The number of halogens is 3. The molecule has 7 heteroatoms. The first kappa shape index (κ1) is 20.8. The molecular formula is C25H24F3N3O. The molecule has 1 aromatic heterocycles. The lowest BCUT2D eigenvalue weighted by Crippen LogP contribution is -2.42. The van der Waals surface area contributed by atoms with E-state index < -0.39 is 17.0 Å². The maximum Gasteiger partial charge on any atom is 0.237 e. The number of fused-ring (bicyclic) bond motifs is 2. The summed E-state index contributed by atoms with van der Waals surface area (Å²) in [5.74, 6) is -2.07. The maximum atomic E-state index is 14.0. The summed E-state index contributed by atoms with van der Waals surface area (Å²) in [4.78, 5) is 19.8. The molecule has 5 rings (SSSR count). The predicted molar refractivity (Wildman–Crippen MR) is 119 cm³/mol. The third kappa shape index (κ3) is 3.23. The van der Waals surface area contributed by atoms with Crippen LogP contribution in [0, 0.1) is 17.5 Å². The molecule has 4 nitrogen and oxygen atoms in total. The summed E-state index contributed by atoms with van der Waals surface area (Å²) in [6, 6.07) is 7.30. The minimum atomic E-state index is -0.862. The largest absolute Gasteiger partial charge is 0.358 e. The summed E-state index contributed by atoms with van der Waals surface area (Å²) in [5.41, 5.74) is 2.95.